The number of benzene rings is 3. The van der Waals surface area contributed by atoms with Crippen molar-refractivity contribution in [1.29, 1.82) is 0 Å². The molecule has 7 heteroatoms. The number of carbonyl (C=O) groups excluding carboxylic acids is 2. The van der Waals surface area contributed by atoms with Crippen LogP contribution in [0.3, 0.4) is 0 Å². The first kappa shape index (κ1) is 22.6. The lowest BCUT2D eigenvalue weighted by atomic mass is 10.1. The van der Waals surface area contributed by atoms with E-state index in [1.54, 1.807) is 13.2 Å². The predicted molar refractivity (Wildman–Crippen MR) is 140 cm³/mol. The van der Waals surface area contributed by atoms with E-state index in [0.29, 0.717) is 35.9 Å². The molecule has 3 aromatic rings. The second-order valence-electron chi connectivity index (χ2n) is 9.55. The molecule has 1 atom stereocenters. The van der Waals surface area contributed by atoms with Crippen molar-refractivity contribution in [3.05, 3.63) is 59.7 Å². The van der Waals surface area contributed by atoms with Crippen LogP contribution in [-0.2, 0) is 0 Å². The summed E-state index contributed by atoms with van der Waals surface area (Å²) in [6, 6.07) is 15.6. The summed E-state index contributed by atoms with van der Waals surface area (Å²) in [6.07, 6.45) is 6.49. The van der Waals surface area contributed by atoms with Crippen LogP contribution in [0.25, 0.3) is 10.8 Å². The third kappa shape index (κ3) is 3.79. The number of anilines is 1. The Morgan fingerprint density at radius 2 is 1.83 bits per heavy atom. The quantitative estimate of drug-likeness (QED) is 0.404. The number of ether oxygens (including phenoxy) is 2. The first-order chi connectivity index (χ1) is 17.7. The molecule has 0 aliphatic carbocycles. The summed E-state index contributed by atoms with van der Waals surface area (Å²) in [5.41, 5.74) is 3.00. The van der Waals surface area contributed by atoms with Crippen LogP contribution < -0.4 is 14.4 Å². The summed E-state index contributed by atoms with van der Waals surface area (Å²) in [4.78, 5) is 34.3. The Kier molecular flexibility index (Phi) is 5.83. The fourth-order valence-electron chi connectivity index (χ4n) is 5.55. The van der Waals surface area contributed by atoms with Crippen LogP contribution in [-0.4, -0.2) is 55.8 Å². The summed E-state index contributed by atoms with van der Waals surface area (Å²) >= 11 is 0. The SMILES string of the molecule is COc1cc2c(cc1OCCCCCN1C(=O)c3cccc4cccc1c34)N=C[C@@H]1CCCN1C2=O. The van der Waals surface area contributed by atoms with Crippen molar-refractivity contribution in [2.24, 2.45) is 4.99 Å². The molecule has 1 saturated heterocycles. The van der Waals surface area contributed by atoms with E-state index >= 15 is 0 Å². The zero-order valence-electron chi connectivity index (χ0n) is 20.4. The fourth-order valence-corrected chi connectivity index (χ4v) is 5.55. The third-order valence-electron chi connectivity index (χ3n) is 7.39. The van der Waals surface area contributed by atoms with Crippen molar-refractivity contribution in [2.75, 3.05) is 31.7 Å². The minimum atomic E-state index is 0.00384. The molecule has 2 amide bonds. The van der Waals surface area contributed by atoms with E-state index in [2.05, 4.69) is 17.1 Å². The van der Waals surface area contributed by atoms with Crippen LogP contribution in [0.1, 0.15) is 52.8 Å². The topological polar surface area (TPSA) is 71.4 Å². The van der Waals surface area contributed by atoms with E-state index in [-0.39, 0.29) is 17.9 Å². The van der Waals surface area contributed by atoms with Gasteiger partial charge in [-0.05, 0) is 55.7 Å². The van der Waals surface area contributed by atoms with Gasteiger partial charge in [0.1, 0.15) is 0 Å². The molecule has 0 radical (unpaired) electrons. The van der Waals surface area contributed by atoms with Gasteiger partial charge in [-0.1, -0.05) is 24.3 Å². The Labute approximate surface area is 210 Å². The van der Waals surface area contributed by atoms with Gasteiger partial charge >= 0.3 is 0 Å². The number of aliphatic imine (C=N–C) groups is 1. The van der Waals surface area contributed by atoms with Gasteiger partial charge in [0, 0.05) is 36.3 Å². The highest BCUT2D eigenvalue weighted by molar-refractivity contribution is 6.25. The van der Waals surface area contributed by atoms with Crippen molar-refractivity contribution in [2.45, 2.75) is 38.1 Å². The zero-order valence-corrected chi connectivity index (χ0v) is 20.4. The maximum Gasteiger partial charge on any atom is 0.258 e. The largest absolute Gasteiger partial charge is 0.493 e. The Morgan fingerprint density at radius 3 is 2.69 bits per heavy atom. The highest BCUT2D eigenvalue weighted by Gasteiger charge is 2.32. The van der Waals surface area contributed by atoms with E-state index in [1.165, 1.54) is 0 Å². The summed E-state index contributed by atoms with van der Waals surface area (Å²) < 4.78 is 11.6. The molecule has 0 unspecified atom stereocenters. The lowest BCUT2D eigenvalue weighted by Crippen LogP contribution is -2.35. The van der Waals surface area contributed by atoms with Crippen LogP contribution >= 0.6 is 0 Å². The molecule has 3 aliphatic heterocycles. The van der Waals surface area contributed by atoms with Crippen molar-refractivity contribution in [3.63, 3.8) is 0 Å². The van der Waals surface area contributed by atoms with Crippen molar-refractivity contribution in [3.8, 4) is 11.5 Å². The summed E-state index contributed by atoms with van der Waals surface area (Å²) in [7, 11) is 1.59. The van der Waals surface area contributed by atoms with E-state index < -0.39 is 0 Å². The summed E-state index contributed by atoms with van der Waals surface area (Å²) in [5, 5.41) is 2.17. The number of hydrogen-bond donors (Lipinski definition) is 0. The average Bonchev–Trinajstić information content (AvgIpc) is 3.45. The number of carbonyl (C=O) groups is 2. The molecular formula is C29H29N3O4. The fraction of sp³-hybridized carbons (Fsp3) is 0.345. The first-order valence-electron chi connectivity index (χ1n) is 12.7. The molecular weight excluding hydrogens is 454 g/mol. The summed E-state index contributed by atoms with van der Waals surface area (Å²) in [5.74, 6) is 1.23. The van der Waals surface area contributed by atoms with E-state index in [0.717, 1.165) is 60.7 Å². The van der Waals surface area contributed by atoms with Gasteiger partial charge in [0.25, 0.3) is 11.8 Å². The molecule has 1 fully saturated rings. The minimum absolute atomic E-state index is 0.00384. The molecule has 7 nitrogen and oxygen atoms in total. The molecule has 3 aliphatic rings. The normalized spacial score (nSPS) is 18.0. The lowest BCUT2D eigenvalue weighted by molar-refractivity contribution is 0.0774. The second kappa shape index (κ2) is 9.30. The van der Waals surface area contributed by atoms with Crippen molar-refractivity contribution in [1.82, 2.24) is 4.90 Å². The average molecular weight is 484 g/mol. The van der Waals surface area contributed by atoms with Gasteiger partial charge in [-0.15, -0.1) is 0 Å². The van der Waals surface area contributed by atoms with Crippen molar-refractivity contribution >= 4 is 40.2 Å². The lowest BCUT2D eigenvalue weighted by Gasteiger charge is -2.20. The molecule has 0 saturated carbocycles. The number of hydrogen-bond acceptors (Lipinski definition) is 5. The monoisotopic (exact) mass is 483 g/mol. The standard InChI is InChI=1S/C29H29N3O4/c1-35-25-16-22-23(30-18-20-10-7-14-31(20)29(22)34)17-26(25)36-15-4-2-3-13-32-24-12-6-9-19-8-5-11-21(27(19)24)28(32)33/h5-6,8-9,11-12,16-18,20H,2-4,7,10,13-15H2,1H3/t20-/m0/s1. The predicted octanol–water partition coefficient (Wildman–Crippen LogP) is 5.38. The van der Waals surface area contributed by atoms with Gasteiger partial charge in [-0.2, -0.15) is 0 Å². The Morgan fingerprint density at radius 1 is 0.972 bits per heavy atom. The van der Waals surface area contributed by atoms with Gasteiger partial charge in [0.2, 0.25) is 0 Å². The molecule has 3 heterocycles. The molecule has 6 rings (SSSR count). The number of methoxy groups -OCH3 is 1. The minimum Gasteiger partial charge on any atom is -0.493 e. The van der Waals surface area contributed by atoms with Crippen LogP contribution in [0.2, 0.25) is 0 Å². The van der Waals surface area contributed by atoms with E-state index in [4.69, 9.17) is 9.47 Å². The third-order valence-corrected chi connectivity index (χ3v) is 7.39. The van der Waals surface area contributed by atoms with Crippen LogP contribution in [0, 0.1) is 0 Å². The van der Waals surface area contributed by atoms with Gasteiger partial charge in [-0.25, -0.2) is 0 Å². The zero-order chi connectivity index (χ0) is 24.6. The molecule has 36 heavy (non-hydrogen) atoms. The molecule has 0 N–H and O–H groups in total. The van der Waals surface area contributed by atoms with Crippen molar-refractivity contribution < 1.29 is 19.1 Å². The highest BCUT2D eigenvalue weighted by atomic mass is 16.5. The molecule has 0 aromatic heterocycles. The highest BCUT2D eigenvalue weighted by Crippen LogP contribution is 2.39. The number of fused-ring (bicyclic) bond motifs is 2. The van der Waals surface area contributed by atoms with Crippen LogP contribution in [0.4, 0.5) is 11.4 Å². The number of nitrogens with zero attached hydrogens (tertiary/aromatic N) is 3. The number of unbranched alkanes of at least 4 members (excludes halogenated alkanes) is 2. The maximum atomic E-state index is 13.0. The smallest absolute Gasteiger partial charge is 0.258 e. The van der Waals surface area contributed by atoms with E-state index in [1.807, 2.05) is 46.3 Å². The van der Waals surface area contributed by atoms with Gasteiger partial charge in [0.05, 0.1) is 36.7 Å². The Balaban J connectivity index is 1.06. The summed E-state index contributed by atoms with van der Waals surface area (Å²) in [6.45, 7) is 1.97. The molecule has 0 spiro atoms. The first-order valence-corrected chi connectivity index (χ1v) is 12.7. The molecule has 0 bridgehead atoms. The van der Waals surface area contributed by atoms with Gasteiger partial charge < -0.3 is 19.3 Å². The van der Waals surface area contributed by atoms with Crippen LogP contribution in [0.5, 0.6) is 11.5 Å². The van der Waals surface area contributed by atoms with Gasteiger partial charge in [-0.3, -0.25) is 14.6 Å². The van der Waals surface area contributed by atoms with Gasteiger partial charge in [0.15, 0.2) is 11.5 Å². The Hall–Kier alpha value is -3.87. The number of rotatable bonds is 8. The maximum absolute atomic E-state index is 13.0. The number of amides is 2. The van der Waals surface area contributed by atoms with E-state index in [9.17, 15) is 9.59 Å². The molecule has 3 aromatic carbocycles. The Bertz CT molecular complexity index is 1380. The molecule has 184 valence electrons. The second-order valence-corrected chi connectivity index (χ2v) is 9.55. The van der Waals surface area contributed by atoms with Crippen LogP contribution in [0.15, 0.2) is 53.5 Å².